The number of hydrogen-bond donors (Lipinski definition) is 2. The normalized spacial score (nSPS) is 11.4. The first-order valence-electron chi connectivity index (χ1n) is 9.33. The van der Waals surface area contributed by atoms with Crippen molar-refractivity contribution in [2.24, 2.45) is 0 Å². The molecule has 0 fully saturated rings. The van der Waals surface area contributed by atoms with Crippen LogP contribution >= 0.6 is 22.9 Å². The predicted octanol–water partition coefficient (Wildman–Crippen LogP) is 5.62. The molecule has 0 saturated carbocycles. The molecule has 0 aliphatic carbocycles. The molecule has 0 amide bonds. The number of pyridine rings is 1. The van der Waals surface area contributed by atoms with E-state index in [0.717, 1.165) is 17.5 Å². The lowest BCUT2D eigenvalue weighted by Crippen LogP contribution is -2.13. The van der Waals surface area contributed by atoms with Crippen molar-refractivity contribution in [1.82, 2.24) is 4.98 Å². The van der Waals surface area contributed by atoms with Crippen molar-refractivity contribution in [3.05, 3.63) is 93.8 Å². The third-order valence-corrected chi connectivity index (χ3v) is 7.35. The van der Waals surface area contributed by atoms with Crippen LogP contribution in [0.1, 0.15) is 15.2 Å². The lowest BCUT2D eigenvalue weighted by Gasteiger charge is -2.11. The van der Waals surface area contributed by atoms with Crippen LogP contribution in [0.2, 0.25) is 5.15 Å². The van der Waals surface area contributed by atoms with Gasteiger partial charge in [-0.3, -0.25) is 9.52 Å². The molecule has 0 saturated heterocycles. The molecule has 174 valence electrons. The Labute approximate surface area is 200 Å². The van der Waals surface area contributed by atoms with E-state index in [0.29, 0.717) is 16.5 Å². The van der Waals surface area contributed by atoms with Gasteiger partial charge in [-0.25, -0.2) is 22.2 Å². The summed E-state index contributed by atoms with van der Waals surface area (Å²) in [5, 5.41) is 9.51. The van der Waals surface area contributed by atoms with Gasteiger partial charge < -0.3 is 5.11 Å². The van der Waals surface area contributed by atoms with Crippen LogP contribution in [-0.2, 0) is 10.0 Å². The molecule has 2 N–H and O–H groups in total. The van der Waals surface area contributed by atoms with E-state index in [2.05, 4.69) is 9.71 Å². The summed E-state index contributed by atoms with van der Waals surface area (Å²) in [7, 11) is -4.02. The van der Waals surface area contributed by atoms with E-state index < -0.39 is 44.6 Å². The molecule has 0 aliphatic rings. The van der Waals surface area contributed by atoms with E-state index in [-0.39, 0.29) is 20.6 Å². The van der Waals surface area contributed by atoms with E-state index >= 15 is 0 Å². The van der Waals surface area contributed by atoms with Gasteiger partial charge in [0.2, 0.25) is 11.6 Å². The van der Waals surface area contributed by atoms with Crippen LogP contribution in [0.15, 0.2) is 65.7 Å². The Balaban J connectivity index is 1.68. The number of phenols is 1. The molecule has 2 aromatic heterocycles. The first kappa shape index (κ1) is 23.7. The number of aromatic nitrogens is 1. The van der Waals surface area contributed by atoms with Crippen LogP contribution < -0.4 is 4.72 Å². The number of sulfonamides is 1. The van der Waals surface area contributed by atoms with Gasteiger partial charge in [0.15, 0.2) is 17.4 Å². The van der Waals surface area contributed by atoms with Gasteiger partial charge in [-0.1, -0.05) is 29.8 Å². The first-order valence-corrected chi connectivity index (χ1v) is 12.0. The summed E-state index contributed by atoms with van der Waals surface area (Å²) in [6, 6.07) is 12.1. The number of benzene rings is 2. The molecule has 0 atom stereocenters. The molecule has 4 rings (SSSR count). The van der Waals surface area contributed by atoms with Crippen LogP contribution in [0.4, 0.5) is 18.9 Å². The summed E-state index contributed by atoms with van der Waals surface area (Å²) in [4.78, 5) is 16.7. The van der Waals surface area contributed by atoms with Gasteiger partial charge in [0.25, 0.3) is 10.0 Å². The average Bonchev–Trinajstić information content (AvgIpc) is 3.30. The largest absolute Gasteiger partial charge is 0.503 e. The number of anilines is 1. The van der Waals surface area contributed by atoms with Crippen molar-refractivity contribution in [3.63, 3.8) is 0 Å². The van der Waals surface area contributed by atoms with Crippen LogP contribution in [-0.4, -0.2) is 24.3 Å². The van der Waals surface area contributed by atoms with Gasteiger partial charge in [0, 0.05) is 16.6 Å². The maximum Gasteiger partial charge on any atom is 0.263 e. The standard InChI is InChI=1S/C22H12ClF3N2O4S2/c23-18-8-5-11(10-27-18)34(31,32)28-15-4-2-1-3-12(15)16-6-7-17(33-16)21(29)13-9-14(24)20(26)22(30)19(13)25/h1-10,28,30H. The molecule has 2 aromatic carbocycles. The number of phenolic OH excluding ortho intramolecular Hbond substituents is 1. The summed E-state index contributed by atoms with van der Waals surface area (Å²) in [6.45, 7) is 0. The molecular formula is C22H12ClF3N2O4S2. The third-order valence-electron chi connectivity index (χ3n) is 4.65. The van der Waals surface area contributed by atoms with Crippen molar-refractivity contribution in [2.45, 2.75) is 4.90 Å². The lowest BCUT2D eigenvalue weighted by molar-refractivity contribution is 0.103. The minimum absolute atomic E-state index is 0.0427. The molecule has 34 heavy (non-hydrogen) atoms. The summed E-state index contributed by atoms with van der Waals surface area (Å²) >= 11 is 6.58. The van der Waals surface area contributed by atoms with Crippen LogP contribution in [0.3, 0.4) is 0 Å². The summed E-state index contributed by atoms with van der Waals surface area (Å²) < 4.78 is 69.1. The number of ketones is 1. The molecule has 0 bridgehead atoms. The van der Waals surface area contributed by atoms with Crippen molar-refractivity contribution in [3.8, 4) is 16.2 Å². The highest BCUT2D eigenvalue weighted by atomic mass is 35.5. The summed E-state index contributed by atoms with van der Waals surface area (Å²) in [6.07, 6.45) is 1.10. The Hall–Kier alpha value is -3.41. The summed E-state index contributed by atoms with van der Waals surface area (Å²) in [5.74, 6) is -7.51. The van der Waals surface area contributed by atoms with Gasteiger partial charge in [0.05, 0.1) is 16.1 Å². The Bertz CT molecular complexity index is 1520. The van der Waals surface area contributed by atoms with Crippen LogP contribution in [0.5, 0.6) is 5.75 Å². The SMILES string of the molecule is O=C(c1ccc(-c2ccccc2NS(=O)(=O)c2ccc(Cl)nc2)s1)c1cc(F)c(F)c(O)c1F. The fourth-order valence-electron chi connectivity index (χ4n) is 3.00. The minimum Gasteiger partial charge on any atom is -0.503 e. The van der Waals surface area contributed by atoms with E-state index in [1.165, 1.54) is 30.3 Å². The fourth-order valence-corrected chi connectivity index (χ4v) is 5.14. The van der Waals surface area contributed by atoms with Crippen LogP contribution in [0, 0.1) is 17.5 Å². The topological polar surface area (TPSA) is 96.4 Å². The molecule has 0 spiro atoms. The first-order chi connectivity index (χ1) is 16.1. The van der Waals surface area contributed by atoms with E-state index in [1.54, 1.807) is 18.2 Å². The zero-order valence-electron chi connectivity index (χ0n) is 16.7. The number of rotatable bonds is 6. The van der Waals surface area contributed by atoms with Gasteiger partial charge in [-0.2, -0.15) is 4.39 Å². The fraction of sp³-hybridized carbons (Fsp3) is 0. The summed E-state index contributed by atoms with van der Waals surface area (Å²) in [5.41, 5.74) is -0.241. The monoisotopic (exact) mass is 524 g/mol. The molecule has 12 heteroatoms. The molecule has 2 heterocycles. The van der Waals surface area contributed by atoms with Crippen molar-refractivity contribution in [2.75, 3.05) is 4.72 Å². The van der Waals surface area contributed by atoms with Gasteiger partial charge in [0.1, 0.15) is 10.0 Å². The Morgan fingerprint density at radius 2 is 1.76 bits per heavy atom. The number of nitrogens with zero attached hydrogens (tertiary/aromatic N) is 1. The van der Waals surface area contributed by atoms with Crippen molar-refractivity contribution >= 4 is 44.4 Å². The van der Waals surface area contributed by atoms with E-state index in [1.807, 2.05) is 0 Å². The quantitative estimate of drug-likeness (QED) is 0.194. The molecule has 6 nitrogen and oxygen atoms in total. The Morgan fingerprint density at radius 1 is 1.03 bits per heavy atom. The highest BCUT2D eigenvalue weighted by Crippen LogP contribution is 2.36. The smallest absolute Gasteiger partial charge is 0.263 e. The van der Waals surface area contributed by atoms with Gasteiger partial charge >= 0.3 is 0 Å². The Kier molecular flexibility index (Phi) is 6.34. The average molecular weight is 525 g/mol. The van der Waals surface area contributed by atoms with Gasteiger partial charge in [-0.15, -0.1) is 11.3 Å². The number of carbonyl (C=O) groups is 1. The second kappa shape index (κ2) is 9.09. The zero-order chi connectivity index (χ0) is 24.6. The molecule has 4 aromatic rings. The predicted molar refractivity (Wildman–Crippen MR) is 121 cm³/mol. The maximum absolute atomic E-state index is 14.2. The van der Waals surface area contributed by atoms with Crippen molar-refractivity contribution in [1.29, 1.82) is 0 Å². The zero-order valence-corrected chi connectivity index (χ0v) is 19.1. The molecule has 0 aliphatic heterocycles. The highest BCUT2D eigenvalue weighted by Gasteiger charge is 2.25. The number of nitrogens with one attached hydrogen (secondary N) is 1. The molecule has 0 unspecified atom stereocenters. The number of para-hydroxylation sites is 1. The Morgan fingerprint density at radius 3 is 2.47 bits per heavy atom. The lowest BCUT2D eigenvalue weighted by atomic mass is 10.1. The van der Waals surface area contributed by atoms with Crippen LogP contribution in [0.25, 0.3) is 10.4 Å². The number of aromatic hydroxyl groups is 1. The molecular weight excluding hydrogens is 513 g/mol. The van der Waals surface area contributed by atoms with Gasteiger partial charge in [-0.05, 0) is 36.4 Å². The highest BCUT2D eigenvalue weighted by molar-refractivity contribution is 7.92. The number of halogens is 4. The van der Waals surface area contributed by atoms with Crippen molar-refractivity contribution < 1.29 is 31.5 Å². The number of thiophene rings is 1. The molecule has 0 radical (unpaired) electrons. The number of carbonyl (C=O) groups excluding carboxylic acids is 1. The number of hydrogen-bond acceptors (Lipinski definition) is 6. The second-order valence-corrected chi connectivity index (χ2v) is 10.00. The minimum atomic E-state index is -4.02. The van der Waals surface area contributed by atoms with E-state index in [9.17, 15) is 31.5 Å². The second-order valence-electron chi connectivity index (χ2n) is 6.84. The van der Waals surface area contributed by atoms with E-state index in [4.69, 9.17) is 11.6 Å². The third kappa shape index (κ3) is 4.49. The maximum atomic E-state index is 14.2.